The van der Waals surface area contributed by atoms with Gasteiger partial charge in [0.05, 0.1) is 12.2 Å². The van der Waals surface area contributed by atoms with Gasteiger partial charge in [-0.15, -0.1) is 0 Å². The maximum atomic E-state index is 12.1. The summed E-state index contributed by atoms with van der Waals surface area (Å²) in [5, 5.41) is 3.01. The van der Waals surface area contributed by atoms with Crippen LogP contribution in [-0.2, 0) is 11.2 Å². The van der Waals surface area contributed by atoms with E-state index in [2.05, 4.69) is 50.1 Å². The van der Waals surface area contributed by atoms with Crippen molar-refractivity contribution in [2.45, 2.75) is 46.6 Å². The van der Waals surface area contributed by atoms with Crippen LogP contribution in [0.1, 0.15) is 38.3 Å². The highest BCUT2D eigenvalue weighted by molar-refractivity contribution is 5.76. The number of aromatic nitrogens is 1. The number of amides is 1. The minimum Gasteiger partial charge on any atom is -0.487 e. The highest BCUT2D eigenvalue weighted by atomic mass is 16.5. The molecule has 1 aromatic carbocycles. The molecule has 0 saturated carbocycles. The molecule has 3 rings (SSSR count). The predicted molar refractivity (Wildman–Crippen MR) is 99.6 cm³/mol. The molecule has 0 fully saturated rings. The van der Waals surface area contributed by atoms with Crippen molar-refractivity contribution in [3.05, 3.63) is 47.7 Å². The van der Waals surface area contributed by atoms with Crippen molar-refractivity contribution in [3.8, 4) is 17.0 Å². The van der Waals surface area contributed by atoms with Crippen LogP contribution < -0.4 is 10.1 Å². The zero-order valence-electron chi connectivity index (χ0n) is 15.4. The van der Waals surface area contributed by atoms with Gasteiger partial charge >= 0.3 is 0 Å². The minimum atomic E-state index is -0.0248. The first-order chi connectivity index (χ1) is 11.8. The number of carbonyl (C=O) groups is 1. The molecule has 0 bridgehead atoms. The zero-order valence-corrected chi connectivity index (χ0v) is 15.4. The highest BCUT2D eigenvalue weighted by Crippen LogP contribution is 2.39. The molecule has 1 N–H and O–H groups in total. The molecular weight excluding hydrogens is 312 g/mol. The number of ether oxygens (including phenoxy) is 1. The third-order valence-electron chi connectivity index (χ3n) is 4.20. The topological polar surface area (TPSA) is 51.2 Å². The predicted octanol–water partition coefficient (Wildman–Crippen LogP) is 3.91. The monoisotopic (exact) mass is 338 g/mol. The van der Waals surface area contributed by atoms with Crippen molar-refractivity contribution >= 4 is 5.91 Å². The largest absolute Gasteiger partial charge is 0.487 e. The average Bonchev–Trinajstić information content (AvgIpc) is 2.94. The molecule has 0 aliphatic carbocycles. The quantitative estimate of drug-likeness (QED) is 0.919. The number of pyridine rings is 1. The lowest BCUT2D eigenvalue weighted by Crippen LogP contribution is -2.36. The smallest absolute Gasteiger partial charge is 0.220 e. The number of hydrogen-bond donors (Lipinski definition) is 1. The highest BCUT2D eigenvalue weighted by Gasteiger charge is 2.27. The Bertz CT molecular complexity index is 763. The number of aryl methyl sites for hydroxylation is 1. The van der Waals surface area contributed by atoms with E-state index in [0.717, 1.165) is 23.4 Å². The van der Waals surface area contributed by atoms with E-state index in [4.69, 9.17) is 4.74 Å². The second-order valence-electron chi connectivity index (χ2n) is 8.00. The van der Waals surface area contributed by atoms with Gasteiger partial charge in [0.1, 0.15) is 11.9 Å². The molecule has 4 heteroatoms. The molecule has 132 valence electrons. The van der Waals surface area contributed by atoms with E-state index in [1.54, 1.807) is 6.20 Å². The lowest BCUT2D eigenvalue weighted by molar-refractivity contribution is -0.123. The summed E-state index contributed by atoms with van der Waals surface area (Å²) in [6.07, 6.45) is 3.10. The fraction of sp³-hybridized carbons (Fsp3) is 0.429. The van der Waals surface area contributed by atoms with Crippen molar-refractivity contribution in [3.63, 3.8) is 0 Å². The van der Waals surface area contributed by atoms with Crippen LogP contribution in [-0.4, -0.2) is 23.5 Å². The summed E-state index contributed by atoms with van der Waals surface area (Å²) in [6, 6.07) is 10.2. The zero-order chi connectivity index (χ0) is 18.0. The molecule has 0 saturated heterocycles. The Morgan fingerprint density at radius 1 is 1.32 bits per heavy atom. The van der Waals surface area contributed by atoms with Gasteiger partial charge in [-0.1, -0.05) is 32.9 Å². The second-order valence-corrected chi connectivity index (χ2v) is 8.00. The molecule has 2 aromatic rings. The van der Waals surface area contributed by atoms with Gasteiger partial charge in [-0.25, -0.2) is 0 Å². The molecule has 1 aliphatic rings. The molecule has 0 radical (unpaired) electrons. The first-order valence-electron chi connectivity index (χ1n) is 8.80. The number of fused-ring (bicyclic) bond motifs is 1. The van der Waals surface area contributed by atoms with Gasteiger partial charge in [-0.3, -0.25) is 9.78 Å². The van der Waals surface area contributed by atoms with E-state index < -0.39 is 0 Å². The number of benzene rings is 1. The van der Waals surface area contributed by atoms with Crippen molar-refractivity contribution in [2.24, 2.45) is 5.41 Å². The molecule has 1 amide bonds. The van der Waals surface area contributed by atoms with E-state index >= 15 is 0 Å². The number of rotatable bonds is 4. The van der Waals surface area contributed by atoms with Gasteiger partial charge in [0.2, 0.25) is 5.91 Å². The van der Waals surface area contributed by atoms with Gasteiger partial charge in [-0.05, 0) is 41.7 Å². The standard InChI is InChI=1S/C21H26N2O2/c1-14-9-15-11-16(13-23-19(24)12-21(2,3)4)25-20(15)17(10-14)18-7-5-6-8-22-18/h5-10,16H,11-13H2,1-4H3,(H,23,24)/t16-/m1/s1. The van der Waals surface area contributed by atoms with Crippen LogP contribution in [0.5, 0.6) is 5.75 Å². The second kappa shape index (κ2) is 6.87. The van der Waals surface area contributed by atoms with Gasteiger partial charge in [0.15, 0.2) is 0 Å². The molecule has 1 aliphatic heterocycles. The van der Waals surface area contributed by atoms with Gasteiger partial charge in [-0.2, -0.15) is 0 Å². The van der Waals surface area contributed by atoms with E-state index in [0.29, 0.717) is 13.0 Å². The summed E-state index contributed by atoms with van der Waals surface area (Å²) in [6.45, 7) is 8.82. The molecule has 1 aromatic heterocycles. The van der Waals surface area contributed by atoms with Crippen LogP contribution in [0.2, 0.25) is 0 Å². The van der Waals surface area contributed by atoms with Crippen molar-refractivity contribution in [1.82, 2.24) is 10.3 Å². The van der Waals surface area contributed by atoms with Crippen LogP contribution in [0, 0.1) is 12.3 Å². The van der Waals surface area contributed by atoms with Crippen LogP contribution in [0.15, 0.2) is 36.5 Å². The van der Waals surface area contributed by atoms with E-state index in [-0.39, 0.29) is 17.4 Å². The summed E-state index contributed by atoms with van der Waals surface area (Å²) in [5.74, 6) is 0.979. The molecular formula is C21H26N2O2. The fourth-order valence-electron chi connectivity index (χ4n) is 3.19. The normalized spacial score (nSPS) is 16.2. The molecule has 0 spiro atoms. The van der Waals surface area contributed by atoms with Crippen LogP contribution >= 0.6 is 0 Å². The number of hydrogen-bond acceptors (Lipinski definition) is 3. The SMILES string of the molecule is Cc1cc2c(c(-c3ccccn3)c1)O[C@@H](CNC(=O)CC(C)(C)C)C2. The summed E-state index contributed by atoms with van der Waals surface area (Å²) >= 11 is 0. The van der Waals surface area contributed by atoms with Crippen molar-refractivity contribution < 1.29 is 9.53 Å². The number of nitrogens with one attached hydrogen (secondary N) is 1. The van der Waals surface area contributed by atoms with Crippen molar-refractivity contribution in [1.29, 1.82) is 0 Å². The first-order valence-corrected chi connectivity index (χ1v) is 8.80. The number of nitrogens with zero attached hydrogens (tertiary/aromatic N) is 1. The Hall–Kier alpha value is -2.36. The third-order valence-corrected chi connectivity index (χ3v) is 4.20. The van der Waals surface area contributed by atoms with Crippen LogP contribution in [0.4, 0.5) is 0 Å². The van der Waals surface area contributed by atoms with E-state index in [9.17, 15) is 4.79 Å². The van der Waals surface area contributed by atoms with Gasteiger partial charge in [0.25, 0.3) is 0 Å². The minimum absolute atomic E-state index is 0.00710. The Labute approximate surface area is 149 Å². The van der Waals surface area contributed by atoms with Gasteiger partial charge < -0.3 is 10.1 Å². The van der Waals surface area contributed by atoms with Crippen LogP contribution in [0.3, 0.4) is 0 Å². The summed E-state index contributed by atoms with van der Waals surface area (Å²) in [7, 11) is 0. The average molecular weight is 338 g/mol. The summed E-state index contributed by atoms with van der Waals surface area (Å²) < 4.78 is 6.17. The van der Waals surface area contributed by atoms with E-state index in [1.807, 2.05) is 18.2 Å². The van der Waals surface area contributed by atoms with E-state index in [1.165, 1.54) is 11.1 Å². The maximum Gasteiger partial charge on any atom is 0.220 e. The summed E-state index contributed by atoms with van der Waals surface area (Å²) in [5.41, 5.74) is 4.32. The fourth-order valence-corrected chi connectivity index (χ4v) is 3.19. The van der Waals surface area contributed by atoms with Crippen LogP contribution in [0.25, 0.3) is 11.3 Å². The maximum absolute atomic E-state index is 12.1. The first kappa shape index (κ1) is 17.5. The molecule has 4 nitrogen and oxygen atoms in total. The Morgan fingerprint density at radius 3 is 2.80 bits per heavy atom. The lowest BCUT2D eigenvalue weighted by atomic mass is 9.92. The Balaban J connectivity index is 1.72. The molecule has 0 unspecified atom stereocenters. The number of carbonyl (C=O) groups excluding carboxylic acids is 1. The summed E-state index contributed by atoms with van der Waals surface area (Å²) in [4.78, 5) is 16.5. The third kappa shape index (κ3) is 4.38. The van der Waals surface area contributed by atoms with Crippen molar-refractivity contribution in [2.75, 3.05) is 6.54 Å². The van der Waals surface area contributed by atoms with Gasteiger partial charge in [0, 0.05) is 24.6 Å². The molecule has 1 atom stereocenters. The molecule has 2 heterocycles. The Morgan fingerprint density at radius 2 is 2.12 bits per heavy atom. The molecule has 25 heavy (non-hydrogen) atoms. The lowest BCUT2D eigenvalue weighted by Gasteiger charge is -2.18. The Kier molecular flexibility index (Phi) is 4.80.